The van der Waals surface area contributed by atoms with Crippen LogP contribution in [-0.4, -0.2) is 61.3 Å². The summed E-state index contributed by atoms with van der Waals surface area (Å²) in [6.45, 7) is 2.52. The number of nitrogens with zero attached hydrogens (tertiary/aromatic N) is 1. The molecular formula is C11H20N2O4. The molecule has 0 aromatic heterocycles. The van der Waals surface area contributed by atoms with E-state index in [1.165, 1.54) is 0 Å². The second-order valence-electron chi connectivity index (χ2n) is 4.24. The van der Waals surface area contributed by atoms with Crippen LogP contribution in [0.5, 0.6) is 0 Å². The van der Waals surface area contributed by atoms with Crippen LogP contribution in [0, 0.1) is 0 Å². The van der Waals surface area contributed by atoms with Gasteiger partial charge in [0.05, 0.1) is 13.2 Å². The van der Waals surface area contributed by atoms with Crippen molar-refractivity contribution in [1.82, 2.24) is 10.2 Å². The highest BCUT2D eigenvalue weighted by Gasteiger charge is 2.19. The second-order valence-corrected chi connectivity index (χ2v) is 4.24. The molecule has 1 atom stereocenters. The van der Waals surface area contributed by atoms with Gasteiger partial charge in [0.15, 0.2) is 0 Å². The lowest BCUT2D eigenvalue weighted by molar-refractivity contribution is -0.138. The quantitative estimate of drug-likeness (QED) is 0.670. The van der Waals surface area contributed by atoms with Gasteiger partial charge in [-0.05, 0) is 6.42 Å². The number of rotatable bonds is 6. The maximum atomic E-state index is 11.8. The predicted molar refractivity (Wildman–Crippen MR) is 61.7 cm³/mol. The van der Waals surface area contributed by atoms with E-state index in [1.54, 1.807) is 11.9 Å². The van der Waals surface area contributed by atoms with Gasteiger partial charge in [-0.2, -0.15) is 0 Å². The lowest BCUT2D eigenvalue weighted by atomic mass is 10.2. The Balaban J connectivity index is 2.18. The standard InChI is InChI=1S/C11H20N2O4/c1-13(5-2-3-11(15)16)10(14)7-9-8-17-6-4-12-9/h9,12H,2-8H2,1H3,(H,15,16). The van der Waals surface area contributed by atoms with Gasteiger partial charge < -0.3 is 20.1 Å². The molecule has 1 aliphatic rings. The average Bonchev–Trinajstić information content (AvgIpc) is 2.29. The lowest BCUT2D eigenvalue weighted by Gasteiger charge is -2.25. The fraction of sp³-hybridized carbons (Fsp3) is 0.818. The van der Waals surface area contributed by atoms with Crippen LogP contribution in [0.4, 0.5) is 0 Å². The maximum Gasteiger partial charge on any atom is 0.303 e. The Labute approximate surface area is 101 Å². The van der Waals surface area contributed by atoms with Crippen LogP contribution in [0.3, 0.4) is 0 Å². The molecular weight excluding hydrogens is 224 g/mol. The number of aliphatic carboxylic acids is 1. The Morgan fingerprint density at radius 2 is 2.29 bits per heavy atom. The number of amides is 1. The first kappa shape index (κ1) is 13.9. The van der Waals surface area contributed by atoms with Crippen molar-refractivity contribution in [3.63, 3.8) is 0 Å². The average molecular weight is 244 g/mol. The largest absolute Gasteiger partial charge is 0.481 e. The summed E-state index contributed by atoms with van der Waals surface area (Å²) in [7, 11) is 1.70. The molecule has 1 rings (SSSR count). The molecule has 1 saturated heterocycles. The molecule has 0 saturated carbocycles. The van der Waals surface area contributed by atoms with E-state index >= 15 is 0 Å². The molecule has 6 heteroatoms. The maximum absolute atomic E-state index is 11.8. The number of carbonyl (C=O) groups is 2. The van der Waals surface area contributed by atoms with E-state index in [1.807, 2.05) is 0 Å². The highest BCUT2D eigenvalue weighted by atomic mass is 16.5. The lowest BCUT2D eigenvalue weighted by Crippen LogP contribution is -2.44. The second kappa shape index (κ2) is 7.24. The van der Waals surface area contributed by atoms with Crippen LogP contribution < -0.4 is 5.32 Å². The van der Waals surface area contributed by atoms with Crippen LogP contribution in [-0.2, 0) is 14.3 Å². The van der Waals surface area contributed by atoms with Gasteiger partial charge in [0, 0.05) is 39.0 Å². The van der Waals surface area contributed by atoms with Gasteiger partial charge in [-0.25, -0.2) is 0 Å². The Kier molecular flexibility index (Phi) is 5.93. The summed E-state index contributed by atoms with van der Waals surface area (Å²) < 4.78 is 5.26. The molecule has 1 aliphatic heterocycles. The van der Waals surface area contributed by atoms with Gasteiger partial charge in [-0.3, -0.25) is 9.59 Å². The molecule has 98 valence electrons. The van der Waals surface area contributed by atoms with Crippen LogP contribution in [0.15, 0.2) is 0 Å². The van der Waals surface area contributed by atoms with E-state index in [0.29, 0.717) is 32.6 Å². The summed E-state index contributed by atoms with van der Waals surface area (Å²) >= 11 is 0. The molecule has 0 spiro atoms. The molecule has 0 bridgehead atoms. The summed E-state index contributed by atoms with van der Waals surface area (Å²) in [5.74, 6) is -0.799. The number of hydrogen-bond donors (Lipinski definition) is 2. The number of nitrogens with one attached hydrogen (secondary N) is 1. The molecule has 0 aromatic rings. The number of carboxylic acids is 1. The van der Waals surface area contributed by atoms with Crippen molar-refractivity contribution in [2.45, 2.75) is 25.3 Å². The number of morpholine rings is 1. The van der Waals surface area contributed by atoms with Gasteiger partial charge in [0.2, 0.25) is 5.91 Å². The predicted octanol–water partition coefficient (Wildman–Crippen LogP) is -0.312. The van der Waals surface area contributed by atoms with E-state index in [9.17, 15) is 9.59 Å². The van der Waals surface area contributed by atoms with Gasteiger partial charge >= 0.3 is 5.97 Å². The zero-order chi connectivity index (χ0) is 12.7. The summed E-state index contributed by atoms with van der Waals surface area (Å²) in [4.78, 5) is 23.7. The van der Waals surface area contributed by atoms with Crippen molar-refractivity contribution in [2.75, 3.05) is 33.4 Å². The number of carboxylic acid groups (broad SMARTS) is 1. The third-order valence-electron chi connectivity index (χ3n) is 2.73. The summed E-state index contributed by atoms with van der Waals surface area (Å²) in [5.41, 5.74) is 0. The normalized spacial score (nSPS) is 19.9. The number of hydrogen-bond acceptors (Lipinski definition) is 4. The Bertz CT molecular complexity index is 264. The smallest absolute Gasteiger partial charge is 0.303 e. The van der Waals surface area contributed by atoms with Crippen molar-refractivity contribution in [2.24, 2.45) is 0 Å². The summed E-state index contributed by atoms with van der Waals surface area (Å²) in [6, 6.07) is 0.0816. The number of carbonyl (C=O) groups excluding carboxylic acids is 1. The molecule has 0 radical (unpaired) electrons. The first-order chi connectivity index (χ1) is 8.09. The van der Waals surface area contributed by atoms with E-state index in [4.69, 9.17) is 9.84 Å². The molecule has 1 amide bonds. The zero-order valence-corrected chi connectivity index (χ0v) is 10.1. The van der Waals surface area contributed by atoms with E-state index in [2.05, 4.69) is 5.32 Å². The van der Waals surface area contributed by atoms with Crippen molar-refractivity contribution in [3.8, 4) is 0 Å². The third-order valence-corrected chi connectivity index (χ3v) is 2.73. The van der Waals surface area contributed by atoms with E-state index in [-0.39, 0.29) is 18.4 Å². The fourth-order valence-corrected chi connectivity index (χ4v) is 1.71. The first-order valence-corrected chi connectivity index (χ1v) is 5.86. The van der Waals surface area contributed by atoms with Crippen molar-refractivity contribution in [3.05, 3.63) is 0 Å². The first-order valence-electron chi connectivity index (χ1n) is 5.86. The van der Waals surface area contributed by atoms with Gasteiger partial charge in [-0.15, -0.1) is 0 Å². The van der Waals surface area contributed by atoms with Crippen molar-refractivity contribution in [1.29, 1.82) is 0 Å². The minimum atomic E-state index is -0.826. The molecule has 0 aliphatic carbocycles. The van der Waals surface area contributed by atoms with Gasteiger partial charge in [-0.1, -0.05) is 0 Å². The van der Waals surface area contributed by atoms with E-state index < -0.39 is 5.97 Å². The number of ether oxygens (including phenoxy) is 1. The Morgan fingerprint density at radius 1 is 1.53 bits per heavy atom. The molecule has 2 N–H and O–H groups in total. The minimum absolute atomic E-state index is 0.0263. The monoisotopic (exact) mass is 244 g/mol. The van der Waals surface area contributed by atoms with Crippen LogP contribution in [0.1, 0.15) is 19.3 Å². The highest BCUT2D eigenvalue weighted by molar-refractivity contribution is 5.76. The zero-order valence-electron chi connectivity index (χ0n) is 10.1. The van der Waals surface area contributed by atoms with Gasteiger partial charge in [0.1, 0.15) is 0 Å². The molecule has 6 nitrogen and oxygen atoms in total. The topological polar surface area (TPSA) is 78.9 Å². The van der Waals surface area contributed by atoms with Crippen molar-refractivity contribution >= 4 is 11.9 Å². The summed E-state index contributed by atoms with van der Waals surface area (Å²) in [5, 5.41) is 11.7. The van der Waals surface area contributed by atoms with Crippen LogP contribution in [0.25, 0.3) is 0 Å². The molecule has 17 heavy (non-hydrogen) atoms. The SMILES string of the molecule is CN(CCCC(=O)O)C(=O)CC1COCCN1. The fourth-order valence-electron chi connectivity index (χ4n) is 1.71. The van der Waals surface area contributed by atoms with Crippen LogP contribution in [0.2, 0.25) is 0 Å². The Morgan fingerprint density at radius 3 is 2.88 bits per heavy atom. The molecule has 1 fully saturated rings. The van der Waals surface area contributed by atoms with Crippen molar-refractivity contribution < 1.29 is 19.4 Å². The third kappa shape index (κ3) is 5.65. The highest BCUT2D eigenvalue weighted by Crippen LogP contribution is 2.03. The minimum Gasteiger partial charge on any atom is -0.481 e. The van der Waals surface area contributed by atoms with Crippen LogP contribution >= 0.6 is 0 Å². The molecule has 1 unspecified atom stereocenters. The Hall–Kier alpha value is -1.14. The van der Waals surface area contributed by atoms with E-state index in [0.717, 1.165) is 6.54 Å². The molecule has 0 aromatic carbocycles. The van der Waals surface area contributed by atoms with Gasteiger partial charge in [0.25, 0.3) is 0 Å². The summed E-state index contributed by atoms with van der Waals surface area (Å²) in [6.07, 6.45) is 0.998. The molecule has 1 heterocycles.